The van der Waals surface area contributed by atoms with Crippen LogP contribution in [0.5, 0.6) is 0 Å². The van der Waals surface area contributed by atoms with E-state index in [1.165, 1.54) is 31.9 Å². The highest BCUT2D eigenvalue weighted by molar-refractivity contribution is 5.97. The molecule has 2 unspecified atom stereocenters. The van der Waals surface area contributed by atoms with Crippen molar-refractivity contribution in [1.82, 2.24) is 15.3 Å². The molecule has 1 aliphatic rings. The molecule has 1 fully saturated rings. The number of hydrogen-bond donors (Lipinski definition) is 2. The van der Waals surface area contributed by atoms with Crippen LogP contribution in [0.2, 0.25) is 0 Å². The SMILES string of the molecule is CC(C)c1ncc(N)c(C(=O)NC2CCCCCC2C)n1. The molecule has 2 atom stereocenters. The Bertz CT molecular complexity index is 501. The number of nitrogen functional groups attached to an aromatic ring is 1. The average molecular weight is 290 g/mol. The lowest BCUT2D eigenvalue weighted by molar-refractivity contribution is 0.0917. The van der Waals surface area contributed by atoms with Gasteiger partial charge in [0, 0.05) is 12.0 Å². The van der Waals surface area contributed by atoms with Gasteiger partial charge in [0.2, 0.25) is 0 Å². The summed E-state index contributed by atoms with van der Waals surface area (Å²) in [5, 5.41) is 3.12. The Balaban J connectivity index is 2.13. The van der Waals surface area contributed by atoms with Gasteiger partial charge in [-0.3, -0.25) is 4.79 Å². The normalized spacial score (nSPS) is 22.9. The number of nitrogens with two attached hydrogens (primary N) is 1. The third-order valence-electron chi connectivity index (χ3n) is 4.25. The summed E-state index contributed by atoms with van der Waals surface area (Å²) in [6, 6.07) is 0.219. The Morgan fingerprint density at radius 3 is 2.76 bits per heavy atom. The Hall–Kier alpha value is -1.65. The van der Waals surface area contributed by atoms with Crippen LogP contribution in [-0.2, 0) is 0 Å². The molecule has 1 amide bonds. The van der Waals surface area contributed by atoms with Gasteiger partial charge in [0.05, 0.1) is 11.9 Å². The Morgan fingerprint density at radius 2 is 2.05 bits per heavy atom. The molecule has 1 aliphatic carbocycles. The van der Waals surface area contributed by atoms with Crippen molar-refractivity contribution in [2.45, 2.75) is 64.8 Å². The van der Waals surface area contributed by atoms with E-state index in [9.17, 15) is 4.79 Å². The molecule has 5 heteroatoms. The summed E-state index contributed by atoms with van der Waals surface area (Å²) in [7, 11) is 0. The van der Waals surface area contributed by atoms with Crippen molar-refractivity contribution in [3.05, 3.63) is 17.7 Å². The molecule has 2 rings (SSSR count). The van der Waals surface area contributed by atoms with Crippen molar-refractivity contribution in [3.63, 3.8) is 0 Å². The van der Waals surface area contributed by atoms with Gasteiger partial charge < -0.3 is 11.1 Å². The molecule has 1 aromatic heterocycles. The molecule has 0 saturated heterocycles. The van der Waals surface area contributed by atoms with Gasteiger partial charge in [0.1, 0.15) is 5.82 Å². The fraction of sp³-hybridized carbons (Fsp3) is 0.688. The quantitative estimate of drug-likeness (QED) is 0.839. The fourth-order valence-electron chi connectivity index (χ4n) is 2.81. The largest absolute Gasteiger partial charge is 0.396 e. The second-order valence-corrected chi connectivity index (χ2v) is 6.38. The van der Waals surface area contributed by atoms with Gasteiger partial charge in [-0.15, -0.1) is 0 Å². The first-order valence-corrected chi connectivity index (χ1v) is 7.92. The molecule has 0 radical (unpaired) electrons. The number of carbonyl (C=O) groups excluding carboxylic acids is 1. The van der Waals surface area contributed by atoms with E-state index >= 15 is 0 Å². The third kappa shape index (κ3) is 3.93. The zero-order valence-corrected chi connectivity index (χ0v) is 13.2. The van der Waals surface area contributed by atoms with Crippen LogP contribution in [0.4, 0.5) is 5.69 Å². The van der Waals surface area contributed by atoms with Gasteiger partial charge in [0.25, 0.3) is 5.91 Å². The summed E-state index contributed by atoms with van der Waals surface area (Å²) in [4.78, 5) is 21.0. The van der Waals surface area contributed by atoms with Crippen LogP contribution in [0, 0.1) is 5.92 Å². The van der Waals surface area contributed by atoms with E-state index in [-0.39, 0.29) is 17.9 Å². The zero-order chi connectivity index (χ0) is 15.4. The number of amides is 1. The first-order chi connectivity index (χ1) is 9.99. The third-order valence-corrected chi connectivity index (χ3v) is 4.25. The van der Waals surface area contributed by atoms with E-state index in [0.29, 0.717) is 23.1 Å². The van der Waals surface area contributed by atoms with Gasteiger partial charge in [0.15, 0.2) is 5.69 Å². The van der Waals surface area contributed by atoms with Gasteiger partial charge >= 0.3 is 0 Å². The van der Waals surface area contributed by atoms with Gasteiger partial charge in [-0.1, -0.05) is 40.0 Å². The van der Waals surface area contributed by atoms with Crippen molar-refractivity contribution in [1.29, 1.82) is 0 Å². The van der Waals surface area contributed by atoms with E-state index < -0.39 is 0 Å². The van der Waals surface area contributed by atoms with E-state index in [4.69, 9.17) is 5.73 Å². The first-order valence-electron chi connectivity index (χ1n) is 7.92. The highest BCUT2D eigenvalue weighted by Gasteiger charge is 2.24. The van der Waals surface area contributed by atoms with Crippen LogP contribution < -0.4 is 11.1 Å². The smallest absolute Gasteiger partial charge is 0.272 e. The topological polar surface area (TPSA) is 80.9 Å². The predicted octanol–water partition coefficient (Wildman–Crippen LogP) is 2.88. The summed E-state index contributed by atoms with van der Waals surface area (Å²) >= 11 is 0. The highest BCUT2D eigenvalue weighted by Crippen LogP contribution is 2.23. The standard InChI is InChI=1S/C16H26N4O/c1-10(2)15-18-9-12(17)14(20-15)16(21)19-13-8-6-4-5-7-11(13)3/h9-11,13H,4-8,17H2,1-3H3,(H,19,21). The maximum atomic E-state index is 12.5. The summed E-state index contributed by atoms with van der Waals surface area (Å²) in [5.41, 5.74) is 6.53. The van der Waals surface area contributed by atoms with Crippen LogP contribution in [0.1, 0.15) is 75.1 Å². The molecule has 0 bridgehead atoms. The Kier molecular flexibility index (Phi) is 5.15. The van der Waals surface area contributed by atoms with Crippen LogP contribution >= 0.6 is 0 Å². The van der Waals surface area contributed by atoms with Crippen molar-refractivity contribution < 1.29 is 4.79 Å². The minimum atomic E-state index is -0.171. The van der Waals surface area contributed by atoms with E-state index in [1.807, 2.05) is 13.8 Å². The van der Waals surface area contributed by atoms with Gasteiger partial charge in [-0.05, 0) is 18.8 Å². The Labute approximate surface area is 126 Å². The molecule has 116 valence electrons. The number of carbonyl (C=O) groups is 1. The van der Waals surface area contributed by atoms with Crippen LogP contribution in [0.3, 0.4) is 0 Å². The van der Waals surface area contributed by atoms with Crippen molar-refractivity contribution in [2.24, 2.45) is 5.92 Å². The number of rotatable bonds is 3. The summed E-state index contributed by atoms with van der Waals surface area (Å²) < 4.78 is 0. The van der Waals surface area contributed by atoms with E-state index in [1.54, 1.807) is 0 Å². The van der Waals surface area contributed by atoms with Crippen LogP contribution in [0.25, 0.3) is 0 Å². The monoisotopic (exact) mass is 290 g/mol. The zero-order valence-electron chi connectivity index (χ0n) is 13.2. The molecule has 1 aromatic rings. The lowest BCUT2D eigenvalue weighted by Crippen LogP contribution is -2.39. The molecule has 5 nitrogen and oxygen atoms in total. The van der Waals surface area contributed by atoms with E-state index in [2.05, 4.69) is 22.2 Å². The average Bonchev–Trinajstić information content (AvgIpc) is 2.64. The molecule has 3 N–H and O–H groups in total. The number of aromatic nitrogens is 2. The van der Waals surface area contributed by atoms with Crippen molar-refractivity contribution in [2.75, 3.05) is 5.73 Å². The second kappa shape index (κ2) is 6.87. The van der Waals surface area contributed by atoms with Gasteiger partial charge in [-0.2, -0.15) is 0 Å². The van der Waals surface area contributed by atoms with E-state index in [0.717, 1.165) is 6.42 Å². The summed E-state index contributed by atoms with van der Waals surface area (Å²) in [6.07, 6.45) is 7.42. The molecular formula is C16H26N4O. The van der Waals surface area contributed by atoms with Crippen molar-refractivity contribution in [3.8, 4) is 0 Å². The minimum Gasteiger partial charge on any atom is -0.396 e. The van der Waals surface area contributed by atoms with Gasteiger partial charge in [-0.25, -0.2) is 9.97 Å². The van der Waals surface area contributed by atoms with Crippen LogP contribution in [0.15, 0.2) is 6.20 Å². The molecule has 0 spiro atoms. The van der Waals surface area contributed by atoms with Crippen LogP contribution in [-0.4, -0.2) is 21.9 Å². The lowest BCUT2D eigenvalue weighted by atomic mass is 9.97. The molecule has 1 saturated carbocycles. The molecule has 21 heavy (non-hydrogen) atoms. The molecule has 1 heterocycles. The molecule has 0 aromatic carbocycles. The number of nitrogens with one attached hydrogen (secondary N) is 1. The minimum absolute atomic E-state index is 0.171. The lowest BCUT2D eigenvalue weighted by Gasteiger charge is -2.23. The number of nitrogens with zero attached hydrogens (tertiary/aromatic N) is 2. The molecular weight excluding hydrogens is 264 g/mol. The summed E-state index contributed by atoms with van der Waals surface area (Å²) in [6.45, 7) is 6.21. The Morgan fingerprint density at radius 1 is 1.33 bits per heavy atom. The molecule has 0 aliphatic heterocycles. The second-order valence-electron chi connectivity index (χ2n) is 6.38. The predicted molar refractivity (Wildman–Crippen MR) is 84.0 cm³/mol. The number of anilines is 1. The van der Waals surface area contributed by atoms with Crippen molar-refractivity contribution >= 4 is 11.6 Å². The highest BCUT2D eigenvalue weighted by atomic mass is 16.2. The first kappa shape index (κ1) is 15.7. The maximum absolute atomic E-state index is 12.5. The maximum Gasteiger partial charge on any atom is 0.272 e. The summed E-state index contributed by atoms with van der Waals surface area (Å²) in [5.74, 6) is 1.16. The fourth-order valence-corrected chi connectivity index (χ4v) is 2.81. The number of hydrogen-bond acceptors (Lipinski definition) is 4.